The van der Waals surface area contributed by atoms with Gasteiger partial charge in [-0.1, -0.05) is 77.3 Å². The van der Waals surface area contributed by atoms with E-state index in [1.54, 1.807) is 30.3 Å². The van der Waals surface area contributed by atoms with E-state index in [9.17, 15) is 18.0 Å². The van der Waals surface area contributed by atoms with Gasteiger partial charge in [0.15, 0.2) is 0 Å². The molecule has 0 spiro atoms. The van der Waals surface area contributed by atoms with Gasteiger partial charge in [0.2, 0.25) is 21.8 Å². The zero-order chi connectivity index (χ0) is 27.2. The summed E-state index contributed by atoms with van der Waals surface area (Å²) < 4.78 is 26.4. The number of benzene rings is 3. The van der Waals surface area contributed by atoms with Crippen LogP contribution in [0, 0.1) is 0 Å². The molecule has 1 atom stereocenters. The molecule has 0 saturated heterocycles. The molecule has 1 N–H and O–H groups in total. The fraction of sp³-hybridized carbons (Fsp3) is 0.231. The van der Waals surface area contributed by atoms with E-state index in [4.69, 9.17) is 34.8 Å². The van der Waals surface area contributed by atoms with E-state index in [1.165, 1.54) is 24.1 Å². The molecule has 37 heavy (non-hydrogen) atoms. The molecule has 0 unspecified atom stereocenters. The summed E-state index contributed by atoms with van der Waals surface area (Å²) in [5, 5.41) is 3.55. The molecule has 0 saturated carbocycles. The van der Waals surface area contributed by atoms with Crippen molar-refractivity contribution in [2.24, 2.45) is 0 Å². The summed E-state index contributed by atoms with van der Waals surface area (Å²) in [6.07, 6.45) is 1.18. The van der Waals surface area contributed by atoms with Gasteiger partial charge in [0.25, 0.3) is 0 Å². The number of nitrogens with zero attached hydrogens (tertiary/aromatic N) is 2. The normalized spacial score (nSPS) is 12.0. The minimum absolute atomic E-state index is 0.116. The van der Waals surface area contributed by atoms with Crippen molar-refractivity contribution in [1.82, 2.24) is 10.2 Å². The Morgan fingerprint density at radius 3 is 2.11 bits per heavy atom. The summed E-state index contributed by atoms with van der Waals surface area (Å²) in [6, 6.07) is 19.3. The summed E-state index contributed by atoms with van der Waals surface area (Å²) in [4.78, 5) is 28.3. The number of hydrogen-bond donors (Lipinski definition) is 1. The Labute approximate surface area is 232 Å². The Balaban J connectivity index is 2.07. The molecule has 2 amide bonds. The van der Waals surface area contributed by atoms with Crippen molar-refractivity contribution in [2.45, 2.75) is 19.0 Å². The number of rotatable bonds is 10. The molecule has 0 fully saturated rings. The maximum Gasteiger partial charge on any atom is 0.244 e. The Morgan fingerprint density at radius 1 is 0.919 bits per heavy atom. The van der Waals surface area contributed by atoms with E-state index in [2.05, 4.69) is 5.32 Å². The molecule has 0 aliphatic rings. The zero-order valence-corrected chi connectivity index (χ0v) is 23.3. The second-order valence-corrected chi connectivity index (χ2v) is 11.4. The van der Waals surface area contributed by atoms with E-state index in [0.717, 1.165) is 16.1 Å². The lowest BCUT2D eigenvalue weighted by Gasteiger charge is -2.33. The van der Waals surface area contributed by atoms with Crippen LogP contribution in [0.5, 0.6) is 0 Å². The third-order valence-corrected chi connectivity index (χ3v) is 7.77. The van der Waals surface area contributed by atoms with Gasteiger partial charge in [0.1, 0.15) is 12.6 Å². The number of amides is 2. The third-order valence-electron chi connectivity index (χ3n) is 5.68. The van der Waals surface area contributed by atoms with Gasteiger partial charge < -0.3 is 10.2 Å². The molecule has 11 heteroatoms. The molecule has 0 heterocycles. The van der Waals surface area contributed by atoms with Crippen LogP contribution in [0.1, 0.15) is 11.1 Å². The summed E-state index contributed by atoms with van der Waals surface area (Å²) >= 11 is 18.9. The number of nitrogens with one attached hydrogen (secondary N) is 1. The number of sulfonamides is 1. The average Bonchev–Trinajstić information content (AvgIpc) is 2.85. The summed E-state index contributed by atoms with van der Waals surface area (Å²) in [7, 11) is -2.42. The van der Waals surface area contributed by atoms with Crippen LogP contribution in [-0.4, -0.2) is 51.0 Å². The molecule has 196 valence electrons. The summed E-state index contributed by atoms with van der Waals surface area (Å²) in [5.41, 5.74) is 1.47. The number of carbonyl (C=O) groups is 2. The number of halogens is 3. The first-order valence-electron chi connectivity index (χ1n) is 11.2. The molecule has 0 aliphatic heterocycles. The highest BCUT2D eigenvalue weighted by Crippen LogP contribution is 2.28. The predicted octanol–water partition coefficient (Wildman–Crippen LogP) is 4.80. The van der Waals surface area contributed by atoms with Gasteiger partial charge in [0.05, 0.1) is 11.9 Å². The minimum Gasteiger partial charge on any atom is -0.357 e. The molecule has 0 aliphatic carbocycles. The van der Waals surface area contributed by atoms with Crippen molar-refractivity contribution < 1.29 is 18.0 Å². The topological polar surface area (TPSA) is 86.8 Å². The predicted molar refractivity (Wildman–Crippen MR) is 149 cm³/mol. The molecular weight excluding hydrogens is 557 g/mol. The van der Waals surface area contributed by atoms with Crippen LogP contribution in [0.3, 0.4) is 0 Å². The molecule has 7 nitrogen and oxygen atoms in total. The molecule has 0 radical (unpaired) electrons. The molecule has 0 bridgehead atoms. The smallest absolute Gasteiger partial charge is 0.244 e. The van der Waals surface area contributed by atoms with Crippen LogP contribution in [0.2, 0.25) is 15.1 Å². The average molecular weight is 583 g/mol. The van der Waals surface area contributed by atoms with Gasteiger partial charge >= 0.3 is 0 Å². The number of carbonyl (C=O) groups excluding carboxylic acids is 2. The minimum atomic E-state index is -3.89. The van der Waals surface area contributed by atoms with Gasteiger partial charge in [0, 0.05) is 40.6 Å². The van der Waals surface area contributed by atoms with Crippen molar-refractivity contribution in [2.75, 3.05) is 24.2 Å². The highest BCUT2D eigenvalue weighted by atomic mass is 35.5. The SMILES string of the molecule is CNC(=O)[C@H](Cc1ccccc1)N(Cc1c(Cl)cccc1Cl)C(=O)CN(c1cccc(Cl)c1)S(C)(=O)=O. The summed E-state index contributed by atoms with van der Waals surface area (Å²) in [6.45, 7) is -0.682. The fourth-order valence-electron chi connectivity index (χ4n) is 3.82. The Bertz CT molecular complexity index is 1350. The first-order valence-corrected chi connectivity index (χ1v) is 14.2. The Morgan fingerprint density at radius 2 is 1.54 bits per heavy atom. The van der Waals surface area contributed by atoms with Crippen molar-refractivity contribution in [3.63, 3.8) is 0 Å². The molecule has 0 aromatic heterocycles. The quantitative estimate of drug-likeness (QED) is 0.372. The largest absolute Gasteiger partial charge is 0.357 e. The molecule has 3 rings (SSSR count). The van der Waals surface area contributed by atoms with Gasteiger partial charge in [-0.2, -0.15) is 0 Å². The lowest BCUT2D eigenvalue weighted by atomic mass is 10.0. The molecular formula is C26H26Cl3N3O4S. The summed E-state index contributed by atoms with van der Waals surface area (Å²) in [5.74, 6) is -1.04. The molecule has 3 aromatic rings. The van der Waals surface area contributed by atoms with E-state index in [-0.39, 0.29) is 18.7 Å². The highest BCUT2D eigenvalue weighted by Gasteiger charge is 2.33. The van der Waals surface area contributed by atoms with Crippen molar-refractivity contribution in [3.8, 4) is 0 Å². The second-order valence-electron chi connectivity index (χ2n) is 8.29. The van der Waals surface area contributed by atoms with Crippen LogP contribution in [0.4, 0.5) is 5.69 Å². The number of anilines is 1. The maximum absolute atomic E-state index is 13.9. The number of likely N-dealkylation sites (N-methyl/N-ethyl adjacent to an activating group) is 1. The Hall–Kier alpha value is -2.78. The highest BCUT2D eigenvalue weighted by molar-refractivity contribution is 7.92. The monoisotopic (exact) mass is 581 g/mol. The fourth-order valence-corrected chi connectivity index (χ4v) is 5.36. The second kappa shape index (κ2) is 12.6. The molecule has 3 aromatic carbocycles. The zero-order valence-electron chi connectivity index (χ0n) is 20.2. The van der Waals surface area contributed by atoms with Gasteiger partial charge in [-0.3, -0.25) is 13.9 Å². The van der Waals surface area contributed by atoms with Crippen molar-refractivity contribution >= 4 is 62.3 Å². The van der Waals surface area contributed by atoms with Crippen LogP contribution >= 0.6 is 34.8 Å². The first-order chi connectivity index (χ1) is 17.5. The number of hydrogen-bond acceptors (Lipinski definition) is 4. The van der Waals surface area contributed by atoms with E-state index >= 15 is 0 Å². The van der Waals surface area contributed by atoms with E-state index in [0.29, 0.717) is 20.6 Å². The third kappa shape index (κ3) is 7.61. The standard InChI is InChI=1S/C26H26Cl3N3O4S/c1-30-26(34)24(14-18-8-4-3-5-9-18)31(16-21-22(28)12-7-13-23(21)29)25(33)17-32(37(2,35)36)20-11-6-10-19(27)15-20/h3-13,15,24H,14,16-17H2,1-2H3,(H,30,34)/t24-/m0/s1. The van der Waals surface area contributed by atoms with E-state index < -0.39 is 34.4 Å². The van der Waals surface area contributed by atoms with Crippen LogP contribution in [-0.2, 0) is 32.6 Å². The Kier molecular flexibility index (Phi) is 9.84. The lowest BCUT2D eigenvalue weighted by Crippen LogP contribution is -2.53. The van der Waals surface area contributed by atoms with Crippen molar-refractivity contribution in [1.29, 1.82) is 0 Å². The van der Waals surface area contributed by atoms with Crippen molar-refractivity contribution in [3.05, 3.63) is 99.0 Å². The van der Waals surface area contributed by atoms with Crippen LogP contribution in [0.15, 0.2) is 72.8 Å². The van der Waals surface area contributed by atoms with Crippen LogP contribution in [0.25, 0.3) is 0 Å². The van der Waals surface area contributed by atoms with Gasteiger partial charge in [-0.05, 0) is 35.9 Å². The van der Waals surface area contributed by atoms with E-state index in [1.807, 2.05) is 30.3 Å². The first kappa shape index (κ1) is 28.8. The lowest BCUT2D eigenvalue weighted by molar-refractivity contribution is -0.139. The van der Waals surface area contributed by atoms with Gasteiger partial charge in [-0.15, -0.1) is 0 Å². The maximum atomic E-state index is 13.9. The van der Waals surface area contributed by atoms with Crippen LogP contribution < -0.4 is 9.62 Å². The van der Waals surface area contributed by atoms with Gasteiger partial charge in [-0.25, -0.2) is 8.42 Å².